The SMILES string of the molecule is CCCCCCC(=Nc1ccccc1C(=O)O)C(=O)c1ccc(Sc2ccccc2)cc1. The number of carbonyl (C=O) groups excluding carboxylic acids is 1. The molecule has 0 bridgehead atoms. The van der Waals surface area contributed by atoms with Crippen LogP contribution in [0.5, 0.6) is 0 Å². The molecule has 3 aromatic carbocycles. The van der Waals surface area contributed by atoms with Gasteiger partial charge in [0.15, 0.2) is 0 Å². The maximum absolute atomic E-state index is 13.3. The highest BCUT2D eigenvalue weighted by Crippen LogP contribution is 2.28. The first kappa shape index (κ1) is 23.5. The van der Waals surface area contributed by atoms with Crippen LogP contribution in [-0.2, 0) is 0 Å². The molecule has 0 heterocycles. The number of aliphatic imine (C=N–C) groups is 1. The third kappa shape index (κ3) is 6.66. The van der Waals surface area contributed by atoms with Crippen molar-refractivity contribution < 1.29 is 14.7 Å². The quantitative estimate of drug-likeness (QED) is 0.189. The molecule has 5 heteroatoms. The first-order chi connectivity index (χ1) is 15.6. The van der Waals surface area contributed by atoms with Crippen molar-refractivity contribution in [3.05, 3.63) is 90.0 Å². The van der Waals surface area contributed by atoms with Gasteiger partial charge >= 0.3 is 5.97 Å². The molecule has 0 amide bonds. The molecule has 4 nitrogen and oxygen atoms in total. The zero-order valence-electron chi connectivity index (χ0n) is 18.2. The second kappa shape index (κ2) is 12.0. The number of Topliss-reactive ketones (excluding diaryl/α,β-unsaturated/α-hetero) is 1. The van der Waals surface area contributed by atoms with Crippen LogP contribution in [0.25, 0.3) is 0 Å². The van der Waals surface area contributed by atoms with Gasteiger partial charge in [-0.2, -0.15) is 0 Å². The maximum atomic E-state index is 13.3. The molecule has 0 saturated carbocycles. The number of nitrogens with zero attached hydrogens (tertiary/aromatic N) is 1. The van der Waals surface area contributed by atoms with Crippen LogP contribution >= 0.6 is 11.8 Å². The number of hydrogen-bond donors (Lipinski definition) is 1. The fraction of sp³-hybridized carbons (Fsp3) is 0.222. The fourth-order valence-corrected chi connectivity index (χ4v) is 4.14. The van der Waals surface area contributed by atoms with Gasteiger partial charge in [-0.05, 0) is 61.4 Å². The summed E-state index contributed by atoms with van der Waals surface area (Å²) in [7, 11) is 0. The number of carbonyl (C=O) groups is 2. The second-order valence-corrected chi connectivity index (χ2v) is 8.61. The minimum absolute atomic E-state index is 0.0981. The number of unbranched alkanes of at least 4 members (excludes halogenated alkanes) is 3. The van der Waals surface area contributed by atoms with E-state index in [9.17, 15) is 14.7 Å². The summed E-state index contributed by atoms with van der Waals surface area (Å²) in [6, 6.07) is 24.1. The van der Waals surface area contributed by atoms with Crippen LogP contribution in [0.2, 0.25) is 0 Å². The monoisotopic (exact) mass is 445 g/mol. The molecule has 0 unspecified atom stereocenters. The van der Waals surface area contributed by atoms with Crippen LogP contribution in [0.3, 0.4) is 0 Å². The van der Waals surface area contributed by atoms with E-state index in [0.29, 0.717) is 23.4 Å². The second-order valence-electron chi connectivity index (χ2n) is 7.46. The zero-order valence-corrected chi connectivity index (χ0v) is 19.0. The number of carboxylic acid groups (broad SMARTS) is 1. The van der Waals surface area contributed by atoms with E-state index in [1.807, 2.05) is 54.6 Å². The molecular formula is C27H27NO3S. The topological polar surface area (TPSA) is 66.7 Å². The van der Waals surface area contributed by atoms with Gasteiger partial charge in [0.1, 0.15) is 0 Å². The van der Waals surface area contributed by atoms with Crippen molar-refractivity contribution in [2.45, 2.75) is 48.8 Å². The summed E-state index contributed by atoms with van der Waals surface area (Å²) in [6.45, 7) is 2.14. The molecule has 0 aliphatic rings. The molecule has 0 radical (unpaired) electrons. The van der Waals surface area contributed by atoms with Crippen molar-refractivity contribution in [1.29, 1.82) is 0 Å². The van der Waals surface area contributed by atoms with Crippen molar-refractivity contribution in [3.8, 4) is 0 Å². The molecule has 164 valence electrons. The van der Waals surface area contributed by atoms with E-state index in [-0.39, 0.29) is 11.3 Å². The Morgan fingerprint density at radius 1 is 0.812 bits per heavy atom. The van der Waals surface area contributed by atoms with E-state index in [2.05, 4.69) is 11.9 Å². The summed E-state index contributed by atoms with van der Waals surface area (Å²) in [5.74, 6) is -1.21. The molecule has 0 aliphatic heterocycles. The van der Waals surface area contributed by atoms with E-state index >= 15 is 0 Å². The molecule has 3 aromatic rings. The molecule has 1 N–H and O–H groups in total. The van der Waals surface area contributed by atoms with Gasteiger partial charge in [0, 0.05) is 15.4 Å². The molecule has 0 saturated heterocycles. The summed E-state index contributed by atoms with van der Waals surface area (Å²) in [5, 5.41) is 9.48. The molecule has 0 aromatic heterocycles. The summed E-state index contributed by atoms with van der Waals surface area (Å²) in [5.41, 5.74) is 1.37. The molecule has 32 heavy (non-hydrogen) atoms. The normalized spacial score (nSPS) is 11.3. The lowest BCUT2D eigenvalue weighted by molar-refractivity contribution is 0.0697. The van der Waals surface area contributed by atoms with E-state index in [1.54, 1.807) is 30.0 Å². The first-order valence-electron chi connectivity index (χ1n) is 10.9. The average Bonchev–Trinajstić information content (AvgIpc) is 2.82. The third-order valence-electron chi connectivity index (χ3n) is 5.01. The molecule has 0 spiro atoms. The number of carboxylic acids is 1. The van der Waals surface area contributed by atoms with Gasteiger partial charge in [0.2, 0.25) is 5.78 Å². The number of para-hydroxylation sites is 1. The van der Waals surface area contributed by atoms with Gasteiger partial charge in [0.05, 0.1) is 17.0 Å². The smallest absolute Gasteiger partial charge is 0.337 e. The Labute approximate surface area is 193 Å². The lowest BCUT2D eigenvalue weighted by atomic mass is 10.0. The van der Waals surface area contributed by atoms with Gasteiger partial charge in [-0.15, -0.1) is 0 Å². The molecule has 3 rings (SSSR count). The lowest BCUT2D eigenvalue weighted by Crippen LogP contribution is -2.15. The van der Waals surface area contributed by atoms with Crippen LogP contribution in [0.15, 0.2) is 93.6 Å². The van der Waals surface area contributed by atoms with E-state index in [0.717, 1.165) is 35.5 Å². The minimum Gasteiger partial charge on any atom is -0.478 e. The summed E-state index contributed by atoms with van der Waals surface area (Å²) in [4.78, 5) is 31.6. The Morgan fingerprint density at radius 2 is 1.47 bits per heavy atom. The zero-order chi connectivity index (χ0) is 22.8. The number of hydrogen-bond acceptors (Lipinski definition) is 4. The number of benzene rings is 3. The van der Waals surface area contributed by atoms with E-state index in [4.69, 9.17) is 0 Å². The van der Waals surface area contributed by atoms with Crippen molar-refractivity contribution in [3.63, 3.8) is 0 Å². The van der Waals surface area contributed by atoms with Crippen molar-refractivity contribution in [2.24, 2.45) is 4.99 Å². The van der Waals surface area contributed by atoms with Crippen LogP contribution < -0.4 is 0 Å². The summed E-state index contributed by atoms with van der Waals surface area (Å²) >= 11 is 1.64. The van der Waals surface area contributed by atoms with Gasteiger partial charge < -0.3 is 5.11 Å². The maximum Gasteiger partial charge on any atom is 0.337 e. The van der Waals surface area contributed by atoms with Gasteiger partial charge in [-0.1, -0.05) is 68.3 Å². The highest BCUT2D eigenvalue weighted by atomic mass is 32.2. The molecular weight excluding hydrogens is 418 g/mol. The van der Waals surface area contributed by atoms with Crippen LogP contribution in [0.1, 0.15) is 59.7 Å². The van der Waals surface area contributed by atoms with Crippen LogP contribution in [-0.4, -0.2) is 22.6 Å². The number of aromatic carboxylic acids is 1. The van der Waals surface area contributed by atoms with E-state index < -0.39 is 5.97 Å². The van der Waals surface area contributed by atoms with Gasteiger partial charge in [-0.25, -0.2) is 9.79 Å². The first-order valence-corrected chi connectivity index (χ1v) is 11.7. The summed E-state index contributed by atoms with van der Waals surface area (Å²) in [6.07, 6.45) is 4.57. The standard InChI is InChI=1S/C27H27NO3S/c1-2-3-4-8-15-25(28-24-14-10-9-13-23(24)27(30)31)26(29)20-16-18-22(19-17-20)32-21-11-6-5-7-12-21/h5-7,9-14,16-19H,2-4,8,15H2,1H3,(H,30,31). The van der Waals surface area contributed by atoms with Crippen molar-refractivity contribution in [1.82, 2.24) is 0 Å². The Morgan fingerprint density at radius 3 is 2.16 bits per heavy atom. The molecule has 0 atom stereocenters. The Balaban J connectivity index is 1.84. The predicted molar refractivity (Wildman–Crippen MR) is 131 cm³/mol. The molecule has 0 fully saturated rings. The fourth-order valence-electron chi connectivity index (χ4n) is 3.30. The Bertz CT molecular complexity index is 1080. The average molecular weight is 446 g/mol. The number of ketones is 1. The van der Waals surface area contributed by atoms with Gasteiger partial charge in [-0.3, -0.25) is 4.79 Å². The minimum atomic E-state index is -1.05. The summed E-state index contributed by atoms with van der Waals surface area (Å²) < 4.78 is 0. The highest BCUT2D eigenvalue weighted by Gasteiger charge is 2.17. The predicted octanol–water partition coefficient (Wildman–Crippen LogP) is 7.46. The van der Waals surface area contributed by atoms with Gasteiger partial charge in [0.25, 0.3) is 0 Å². The van der Waals surface area contributed by atoms with Crippen LogP contribution in [0, 0.1) is 0 Å². The van der Waals surface area contributed by atoms with Crippen LogP contribution in [0.4, 0.5) is 5.69 Å². The Kier molecular flexibility index (Phi) is 8.81. The van der Waals surface area contributed by atoms with Crippen molar-refractivity contribution in [2.75, 3.05) is 0 Å². The van der Waals surface area contributed by atoms with E-state index in [1.165, 1.54) is 6.07 Å². The third-order valence-corrected chi connectivity index (χ3v) is 6.03. The molecule has 0 aliphatic carbocycles. The number of rotatable bonds is 11. The highest BCUT2D eigenvalue weighted by molar-refractivity contribution is 7.99. The lowest BCUT2D eigenvalue weighted by Gasteiger charge is -2.09. The van der Waals surface area contributed by atoms with Crippen molar-refractivity contribution >= 4 is 34.9 Å². The largest absolute Gasteiger partial charge is 0.478 e. The Hall–Kier alpha value is -3.18.